The van der Waals surface area contributed by atoms with Gasteiger partial charge in [0, 0.05) is 24.2 Å². The third-order valence-electron chi connectivity index (χ3n) is 7.80. The normalized spacial score (nSPS) is 19.2. The van der Waals surface area contributed by atoms with Crippen LogP contribution >= 0.6 is 11.8 Å². The van der Waals surface area contributed by atoms with Crippen molar-refractivity contribution in [2.45, 2.75) is 98.8 Å². The van der Waals surface area contributed by atoms with Crippen molar-refractivity contribution in [3.8, 4) is 6.07 Å². The maximum atomic E-state index is 15.4. The van der Waals surface area contributed by atoms with E-state index in [4.69, 9.17) is 4.74 Å². The zero-order valence-electron chi connectivity index (χ0n) is 23.4. The minimum atomic E-state index is -4.42. The number of thioether (sulfide) groups is 1. The van der Waals surface area contributed by atoms with Crippen molar-refractivity contribution in [1.82, 2.24) is 9.62 Å². The number of hydrogen-bond acceptors (Lipinski definition) is 8. The summed E-state index contributed by atoms with van der Waals surface area (Å²) in [6.07, 6.45) is 11.4. The summed E-state index contributed by atoms with van der Waals surface area (Å²) >= 11 is 1.90. The molecule has 3 rings (SSSR count). The molecule has 2 aliphatic rings. The Morgan fingerprint density at radius 1 is 1.18 bits per heavy atom. The number of methoxy groups -OCH3 is 1. The first kappa shape index (κ1) is 31.7. The van der Waals surface area contributed by atoms with Gasteiger partial charge < -0.3 is 15.0 Å². The molecule has 218 valence electrons. The number of benzene rings is 1. The van der Waals surface area contributed by atoms with Crippen LogP contribution in [-0.2, 0) is 19.6 Å². The summed E-state index contributed by atoms with van der Waals surface area (Å²) in [6.45, 7) is 0.784. The molecule has 1 aromatic rings. The van der Waals surface area contributed by atoms with Crippen molar-refractivity contribution in [2.24, 2.45) is 0 Å². The highest BCUT2D eigenvalue weighted by atomic mass is 32.2. The largest absolute Gasteiger partial charge is 0.378 e. The maximum Gasteiger partial charge on any atom is 0.265 e. The monoisotopic (exact) mass is 582 g/mol. The third-order valence-corrected chi connectivity index (χ3v) is 10.6. The summed E-state index contributed by atoms with van der Waals surface area (Å²) in [4.78, 5) is 14.5. The molecule has 0 aliphatic heterocycles. The standard InChI is InChI=1S/C28H43FN4O4S2/c1-33(2)16-13-22(20-38-23-11-7-4-5-8-12-23)31-26-21(19-30)17-24(18-25(26)29)39(35,36)32-27(34)28(37-3)14-9-6-10-15-28/h17-18,22-23,31H,4-16,20H2,1-3H3,(H,32,34)/t22-/m1/s1. The van der Waals surface area contributed by atoms with Gasteiger partial charge in [0.25, 0.3) is 15.9 Å². The van der Waals surface area contributed by atoms with Gasteiger partial charge in [0.15, 0.2) is 0 Å². The zero-order valence-corrected chi connectivity index (χ0v) is 25.1. The lowest BCUT2D eigenvalue weighted by Gasteiger charge is -2.34. The number of nitrogens with one attached hydrogen (secondary N) is 2. The summed E-state index contributed by atoms with van der Waals surface area (Å²) < 4.78 is 49.1. The SMILES string of the molecule is COC1(C(=O)NS(=O)(=O)c2cc(F)c(N[C@H](CCN(C)C)CSC3CCCCCC3)c(C#N)c2)CCCCC1. The summed E-state index contributed by atoms with van der Waals surface area (Å²) in [5.41, 5.74) is -1.34. The summed E-state index contributed by atoms with van der Waals surface area (Å²) in [5, 5.41) is 13.6. The summed E-state index contributed by atoms with van der Waals surface area (Å²) in [6, 6.07) is 3.85. The van der Waals surface area contributed by atoms with E-state index in [-0.39, 0.29) is 17.3 Å². The summed E-state index contributed by atoms with van der Waals surface area (Å²) in [5.74, 6) is -0.835. The van der Waals surface area contributed by atoms with Gasteiger partial charge in [-0.2, -0.15) is 17.0 Å². The van der Waals surface area contributed by atoms with Crippen LogP contribution in [-0.4, -0.2) is 69.6 Å². The van der Waals surface area contributed by atoms with E-state index in [2.05, 4.69) is 14.9 Å². The molecule has 1 atom stereocenters. The van der Waals surface area contributed by atoms with Gasteiger partial charge in [-0.25, -0.2) is 17.5 Å². The Hall–Kier alpha value is -1.87. The molecule has 2 saturated carbocycles. The second kappa shape index (κ2) is 14.7. The lowest BCUT2D eigenvalue weighted by atomic mass is 9.84. The van der Waals surface area contributed by atoms with Crippen LogP contribution in [0.1, 0.15) is 82.6 Å². The van der Waals surface area contributed by atoms with Gasteiger partial charge in [-0.05, 0) is 64.9 Å². The lowest BCUT2D eigenvalue weighted by molar-refractivity contribution is -0.145. The van der Waals surface area contributed by atoms with Crippen LogP contribution in [0.5, 0.6) is 0 Å². The van der Waals surface area contributed by atoms with Crippen molar-refractivity contribution >= 4 is 33.4 Å². The van der Waals surface area contributed by atoms with Crippen LogP contribution in [0.2, 0.25) is 0 Å². The van der Waals surface area contributed by atoms with Gasteiger partial charge in [0.05, 0.1) is 16.1 Å². The van der Waals surface area contributed by atoms with Crippen molar-refractivity contribution < 1.29 is 22.3 Å². The lowest BCUT2D eigenvalue weighted by Crippen LogP contribution is -2.51. The van der Waals surface area contributed by atoms with Crippen molar-refractivity contribution in [3.63, 3.8) is 0 Å². The molecule has 39 heavy (non-hydrogen) atoms. The fraction of sp³-hybridized carbons (Fsp3) is 0.714. The van der Waals surface area contributed by atoms with Crippen molar-refractivity contribution in [1.29, 1.82) is 5.26 Å². The van der Waals surface area contributed by atoms with Gasteiger partial charge in [-0.15, -0.1) is 0 Å². The Morgan fingerprint density at radius 3 is 2.41 bits per heavy atom. The molecule has 1 amide bonds. The average molecular weight is 583 g/mol. The van der Waals surface area contributed by atoms with Gasteiger partial charge in [-0.3, -0.25) is 4.79 Å². The highest BCUT2D eigenvalue weighted by Crippen LogP contribution is 2.33. The van der Waals surface area contributed by atoms with Gasteiger partial charge in [0.1, 0.15) is 17.5 Å². The fourth-order valence-corrected chi connectivity index (χ4v) is 7.87. The molecule has 0 radical (unpaired) electrons. The quantitative estimate of drug-likeness (QED) is 0.330. The molecule has 1 aromatic carbocycles. The van der Waals surface area contributed by atoms with E-state index >= 15 is 4.39 Å². The average Bonchev–Trinajstić information content (AvgIpc) is 3.19. The summed E-state index contributed by atoms with van der Waals surface area (Å²) in [7, 11) is 0.935. The predicted octanol–water partition coefficient (Wildman–Crippen LogP) is 5.04. The molecular formula is C28H43FN4O4S2. The fourth-order valence-electron chi connectivity index (χ4n) is 5.37. The molecule has 0 unspecified atom stereocenters. The number of anilines is 1. The van der Waals surface area contributed by atoms with Crippen LogP contribution < -0.4 is 10.0 Å². The van der Waals surface area contributed by atoms with Crippen LogP contribution in [0.15, 0.2) is 17.0 Å². The van der Waals surface area contributed by atoms with Crippen molar-refractivity contribution in [3.05, 3.63) is 23.5 Å². The van der Waals surface area contributed by atoms with Crippen LogP contribution in [0, 0.1) is 17.1 Å². The molecule has 2 N–H and O–H groups in total. The number of halogens is 1. The molecule has 2 aliphatic carbocycles. The molecule has 0 bridgehead atoms. The molecule has 0 spiro atoms. The number of nitrogens with zero attached hydrogens (tertiary/aromatic N) is 2. The highest BCUT2D eigenvalue weighted by molar-refractivity contribution is 7.99. The Labute approximate surface area is 237 Å². The van der Waals surface area contributed by atoms with E-state index < -0.39 is 32.2 Å². The molecule has 2 fully saturated rings. The Kier molecular flexibility index (Phi) is 11.9. The van der Waals surface area contributed by atoms with Gasteiger partial charge in [-0.1, -0.05) is 44.9 Å². The second-order valence-corrected chi connectivity index (χ2v) is 14.0. The smallest absolute Gasteiger partial charge is 0.265 e. The topological polar surface area (TPSA) is 112 Å². The number of hydrogen-bond donors (Lipinski definition) is 2. The third kappa shape index (κ3) is 8.81. The van der Waals surface area contributed by atoms with Crippen molar-refractivity contribution in [2.75, 3.05) is 38.8 Å². The number of carbonyl (C=O) groups excluding carboxylic acids is 1. The van der Waals surface area contributed by atoms with E-state index in [1.807, 2.05) is 31.9 Å². The van der Waals surface area contributed by atoms with E-state index in [0.717, 1.165) is 50.1 Å². The zero-order chi connectivity index (χ0) is 28.5. The number of nitriles is 1. The van der Waals surface area contributed by atoms with Gasteiger partial charge >= 0.3 is 0 Å². The van der Waals surface area contributed by atoms with Gasteiger partial charge in [0.2, 0.25) is 0 Å². The number of carbonyl (C=O) groups is 1. The second-order valence-electron chi connectivity index (χ2n) is 11.0. The first-order valence-electron chi connectivity index (χ1n) is 14.0. The molecule has 0 heterocycles. The van der Waals surface area contributed by atoms with Crippen LogP contribution in [0.4, 0.5) is 10.1 Å². The molecule has 0 saturated heterocycles. The Morgan fingerprint density at radius 2 is 1.82 bits per heavy atom. The molecule has 0 aromatic heterocycles. The van der Waals surface area contributed by atoms with E-state index in [9.17, 15) is 18.5 Å². The molecular weight excluding hydrogens is 539 g/mol. The molecule has 11 heteroatoms. The minimum absolute atomic E-state index is 0.00589. The maximum absolute atomic E-state index is 15.4. The molecule has 8 nitrogen and oxygen atoms in total. The number of amides is 1. The van der Waals surface area contributed by atoms with Crippen LogP contribution in [0.3, 0.4) is 0 Å². The van der Waals surface area contributed by atoms with E-state index in [1.165, 1.54) is 45.6 Å². The van der Waals surface area contributed by atoms with E-state index in [0.29, 0.717) is 18.1 Å². The number of ether oxygens (including phenoxy) is 1. The first-order chi connectivity index (χ1) is 18.6. The van der Waals surface area contributed by atoms with E-state index in [1.54, 1.807) is 0 Å². The Balaban J connectivity index is 1.78. The highest BCUT2D eigenvalue weighted by Gasteiger charge is 2.41. The first-order valence-corrected chi connectivity index (χ1v) is 16.5. The minimum Gasteiger partial charge on any atom is -0.378 e. The predicted molar refractivity (Wildman–Crippen MR) is 154 cm³/mol. The Bertz CT molecular complexity index is 1110. The number of sulfonamides is 1. The van der Waals surface area contributed by atoms with Crippen LogP contribution in [0.25, 0.3) is 0 Å². The number of rotatable bonds is 12.